The van der Waals surface area contributed by atoms with Gasteiger partial charge in [-0.1, -0.05) is 6.07 Å². The van der Waals surface area contributed by atoms with E-state index in [-0.39, 0.29) is 0 Å². The van der Waals surface area contributed by atoms with Crippen molar-refractivity contribution in [2.75, 3.05) is 10.6 Å². The van der Waals surface area contributed by atoms with Crippen molar-refractivity contribution in [3.05, 3.63) is 18.2 Å². The van der Waals surface area contributed by atoms with Crippen molar-refractivity contribution in [1.29, 1.82) is 0 Å². The normalized spacial score (nSPS) is 18.9. The standard InChI is InChI=1S/C12H17BN2O2/c16-13(17)11-6-5-10(14-8-1-2-8)7-12(11)15-9-3-4-9/h5-9,14-17H,1-4H2. The maximum absolute atomic E-state index is 9.32. The van der Waals surface area contributed by atoms with Gasteiger partial charge in [-0.2, -0.15) is 0 Å². The molecule has 0 heterocycles. The molecule has 2 saturated carbocycles. The molecule has 0 aromatic heterocycles. The van der Waals surface area contributed by atoms with Crippen LogP contribution in [0.25, 0.3) is 0 Å². The van der Waals surface area contributed by atoms with Gasteiger partial charge in [0.25, 0.3) is 0 Å². The lowest BCUT2D eigenvalue weighted by molar-refractivity contribution is 0.426. The average Bonchev–Trinajstić information content (AvgIpc) is 3.13. The summed E-state index contributed by atoms with van der Waals surface area (Å²) in [6.07, 6.45) is 4.80. The highest BCUT2D eigenvalue weighted by molar-refractivity contribution is 6.60. The lowest BCUT2D eigenvalue weighted by Gasteiger charge is -2.14. The zero-order valence-electron chi connectivity index (χ0n) is 9.69. The van der Waals surface area contributed by atoms with Crippen LogP contribution in [0.15, 0.2) is 18.2 Å². The van der Waals surface area contributed by atoms with Crippen LogP contribution in [0.3, 0.4) is 0 Å². The van der Waals surface area contributed by atoms with Crippen LogP contribution >= 0.6 is 0 Å². The van der Waals surface area contributed by atoms with Gasteiger partial charge in [0.05, 0.1) is 0 Å². The second kappa shape index (κ2) is 4.24. The van der Waals surface area contributed by atoms with E-state index in [1.54, 1.807) is 6.07 Å². The Morgan fingerprint density at radius 2 is 1.65 bits per heavy atom. The topological polar surface area (TPSA) is 64.5 Å². The number of rotatable bonds is 5. The summed E-state index contributed by atoms with van der Waals surface area (Å²) in [6.45, 7) is 0. The first-order valence-electron chi connectivity index (χ1n) is 6.25. The molecule has 0 saturated heterocycles. The van der Waals surface area contributed by atoms with Crippen LogP contribution in [0.1, 0.15) is 25.7 Å². The highest BCUT2D eigenvalue weighted by Crippen LogP contribution is 2.28. The van der Waals surface area contributed by atoms with Gasteiger partial charge in [-0.15, -0.1) is 0 Å². The predicted octanol–water partition coefficient (Wildman–Crippen LogP) is 0.515. The molecule has 4 nitrogen and oxygen atoms in total. The molecule has 0 amide bonds. The van der Waals surface area contributed by atoms with Crippen LogP contribution in [0.4, 0.5) is 11.4 Å². The highest BCUT2D eigenvalue weighted by Gasteiger charge is 2.25. The lowest BCUT2D eigenvalue weighted by Crippen LogP contribution is -2.32. The van der Waals surface area contributed by atoms with Crippen molar-refractivity contribution in [2.45, 2.75) is 37.8 Å². The molecule has 0 bridgehead atoms. The molecule has 5 heteroatoms. The molecule has 0 aliphatic heterocycles. The summed E-state index contributed by atoms with van der Waals surface area (Å²) in [5.74, 6) is 0. The molecule has 2 fully saturated rings. The van der Waals surface area contributed by atoms with E-state index in [1.165, 1.54) is 25.7 Å². The third kappa shape index (κ3) is 2.73. The Bertz CT molecular complexity index is 417. The van der Waals surface area contributed by atoms with Crippen molar-refractivity contribution in [1.82, 2.24) is 0 Å². The van der Waals surface area contributed by atoms with Gasteiger partial charge in [0.2, 0.25) is 0 Å². The third-order valence-electron chi connectivity index (χ3n) is 3.22. The quantitative estimate of drug-likeness (QED) is 0.559. The van der Waals surface area contributed by atoms with Gasteiger partial charge in [0.1, 0.15) is 0 Å². The predicted molar refractivity (Wildman–Crippen MR) is 69.6 cm³/mol. The Morgan fingerprint density at radius 1 is 1.00 bits per heavy atom. The average molecular weight is 232 g/mol. The molecule has 2 aliphatic carbocycles. The highest BCUT2D eigenvalue weighted by atomic mass is 16.4. The minimum atomic E-state index is -1.41. The number of benzene rings is 1. The molecule has 0 atom stereocenters. The molecule has 17 heavy (non-hydrogen) atoms. The maximum Gasteiger partial charge on any atom is 0.490 e. The van der Waals surface area contributed by atoms with E-state index >= 15 is 0 Å². The van der Waals surface area contributed by atoms with Gasteiger partial charge < -0.3 is 20.7 Å². The maximum atomic E-state index is 9.32. The van der Waals surface area contributed by atoms with E-state index in [0.29, 0.717) is 17.5 Å². The first kappa shape index (κ1) is 10.9. The van der Waals surface area contributed by atoms with Gasteiger partial charge in [-0.3, -0.25) is 0 Å². The molecule has 0 unspecified atom stereocenters. The van der Waals surface area contributed by atoms with Crippen LogP contribution in [-0.2, 0) is 0 Å². The van der Waals surface area contributed by atoms with Gasteiger partial charge in [-0.05, 0) is 37.8 Å². The van der Waals surface area contributed by atoms with Crippen molar-refractivity contribution >= 4 is 24.0 Å². The summed E-state index contributed by atoms with van der Waals surface area (Å²) in [6, 6.07) is 6.77. The van der Waals surface area contributed by atoms with E-state index in [9.17, 15) is 10.0 Å². The van der Waals surface area contributed by atoms with Crippen LogP contribution in [0, 0.1) is 0 Å². The molecule has 90 valence electrons. The zero-order valence-corrected chi connectivity index (χ0v) is 9.69. The van der Waals surface area contributed by atoms with Crippen molar-refractivity contribution < 1.29 is 10.0 Å². The number of nitrogens with one attached hydrogen (secondary N) is 2. The Hall–Kier alpha value is -1.20. The van der Waals surface area contributed by atoms with Crippen molar-refractivity contribution in [3.8, 4) is 0 Å². The summed E-state index contributed by atoms with van der Waals surface area (Å²) in [5, 5.41) is 25.4. The Labute approximate surface area is 101 Å². The molecule has 2 aliphatic rings. The number of anilines is 2. The van der Waals surface area contributed by atoms with Crippen LogP contribution in [0.5, 0.6) is 0 Å². The number of hydrogen-bond donors (Lipinski definition) is 4. The SMILES string of the molecule is OB(O)c1ccc(NC2CC2)cc1NC1CC1. The summed E-state index contributed by atoms with van der Waals surface area (Å²) in [5.41, 5.74) is 2.45. The van der Waals surface area contributed by atoms with E-state index in [2.05, 4.69) is 10.6 Å². The second-order valence-electron chi connectivity index (χ2n) is 5.01. The minimum absolute atomic E-state index is 0.503. The van der Waals surface area contributed by atoms with E-state index in [0.717, 1.165) is 11.4 Å². The van der Waals surface area contributed by atoms with Gasteiger partial charge in [0.15, 0.2) is 0 Å². The summed E-state index contributed by atoms with van der Waals surface area (Å²) < 4.78 is 0. The summed E-state index contributed by atoms with van der Waals surface area (Å²) in [4.78, 5) is 0. The first-order chi connectivity index (χ1) is 8.22. The Kier molecular flexibility index (Phi) is 2.72. The van der Waals surface area contributed by atoms with E-state index in [1.807, 2.05) is 12.1 Å². The van der Waals surface area contributed by atoms with Gasteiger partial charge in [-0.25, -0.2) is 0 Å². The fourth-order valence-electron chi connectivity index (χ4n) is 1.91. The molecule has 1 aromatic carbocycles. The van der Waals surface area contributed by atoms with Crippen LogP contribution in [-0.4, -0.2) is 29.3 Å². The van der Waals surface area contributed by atoms with E-state index < -0.39 is 7.12 Å². The molecular formula is C12H17BN2O2. The lowest BCUT2D eigenvalue weighted by atomic mass is 9.79. The summed E-state index contributed by atoms with van der Waals surface area (Å²) >= 11 is 0. The molecule has 3 rings (SSSR count). The molecule has 0 radical (unpaired) electrons. The van der Waals surface area contributed by atoms with Crippen LogP contribution in [0.2, 0.25) is 0 Å². The van der Waals surface area contributed by atoms with Crippen molar-refractivity contribution in [2.24, 2.45) is 0 Å². The van der Waals surface area contributed by atoms with Crippen molar-refractivity contribution in [3.63, 3.8) is 0 Å². The molecule has 4 N–H and O–H groups in total. The molecular weight excluding hydrogens is 215 g/mol. The second-order valence-corrected chi connectivity index (χ2v) is 5.01. The summed E-state index contributed by atoms with van der Waals surface area (Å²) in [7, 11) is -1.41. The minimum Gasteiger partial charge on any atom is -0.423 e. The smallest absolute Gasteiger partial charge is 0.423 e. The Balaban J connectivity index is 1.81. The van der Waals surface area contributed by atoms with Gasteiger partial charge in [0, 0.05) is 28.9 Å². The Morgan fingerprint density at radius 3 is 2.24 bits per heavy atom. The fraction of sp³-hybridized carbons (Fsp3) is 0.500. The monoisotopic (exact) mass is 232 g/mol. The first-order valence-corrected chi connectivity index (χ1v) is 6.25. The molecule has 0 spiro atoms. The fourth-order valence-corrected chi connectivity index (χ4v) is 1.91. The zero-order chi connectivity index (χ0) is 11.8. The van der Waals surface area contributed by atoms with Gasteiger partial charge >= 0.3 is 7.12 Å². The third-order valence-corrected chi connectivity index (χ3v) is 3.22. The molecule has 1 aromatic rings. The van der Waals surface area contributed by atoms with Crippen LogP contribution < -0.4 is 16.1 Å². The largest absolute Gasteiger partial charge is 0.490 e. The van der Waals surface area contributed by atoms with E-state index in [4.69, 9.17) is 0 Å². The number of hydrogen-bond acceptors (Lipinski definition) is 4.